The Balaban J connectivity index is 2.69. The first-order chi connectivity index (χ1) is 7.39. The van der Waals surface area contributed by atoms with Crippen LogP contribution in [0.15, 0.2) is 29.2 Å². The van der Waals surface area contributed by atoms with Gasteiger partial charge in [-0.15, -0.1) is 0 Å². The lowest BCUT2D eigenvalue weighted by molar-refractivity contribution is 0.425. The molecule has 16 heavy (non-hydrogen) atoms. The van der Waals surface area contributed by atoms with Crippen molar-refractivity contribution in [3.05, 3.63) is 24.3 Å². The lowest BCUT2D eigenvalue weighted by atomic mass is 10.3. The minimum absolute atomic E-state index is 0.349. The van der Waals surface area contributed by atoms with E-state index in [4.69, 9.17) is 0 Å². The third-order valence-electron chi connectivity index (χ3n) is 2.15. The summed E-state index contributed by atoms with van der Waals surface area (Å²) in [6.07, 6.45) is 1.21. The zero-order valence-electron chi connectivity index (χ0n) is 9.90. The van der Waals surface area contributed by atoms with Crippen LogP contribution in [0.25, 0.3) is 0 Å². The fraction of sp³-hybridized carbons (Fsp3) is 0.455. The van der Waals surface area contributed by atoms with E-state index >= 15 is 0 Å². The zero-order valence-corrected chi connectivity index (χ0v) is 10.7. The fourth-order valence-electron chi connectivity index (χ4n) is 1.26. The third-order valence-corrected chi connectivity index (χ3v) is 3.26. The summed E-state index contributed by atoms with van der Waals surface area (Å²) in [6, 6.07) is 6.87. The molecule has 0 aromatic heterocycles. The SMILES string of the molecule is CN(C)CCNc1cccc(S(C)(=O)=O)c1. The van der Waals surface area contributed by atoms with Gasteiger partial charge in [0.2, 0.25) is 0 Å². The molecule has 0 atom stereocenters. The quantitative estimate of drug-likeness (QED) is 0.839. The van der Waals surface area contributed by atoms with Crippen LogP contribution in [0.4, 0.5) is 5.69 Å². The number of hydrogen-bond donors (Lipinski definition) is 1. The van der Waals surface area contributed by atoms with Gasteiger partial charge in [0.05, 0.1) is 4.90 Å². The van der Waals surface area contributed by atoms with Crippen LogP contribution in [0.5, 0.6) is 0 Å². The summed E-state index contributed by atoms with van der Waals surface area (Å²) in [5, 5.41) is 3.18. The van der Waals surface area contributed by atoms with E-state index < -0.39 is 9.84 Å². The van der Waals surface area contributed by atoms with Crippen LogP contribution in [0.2, 0.25) is 0 Å². The second-order valence-corrected chi connectivity index (χ2v) is 6.05. The van der Waals surface area contributed by atoms with E-state index in [0.29, 0.717) is 4.90 Å². The largest absolute Gasteiger partial charge is 0.384 e. The molecule has 0 aliphatic rings. The normalized spacial score (nSPS) is 11.8. The molecular formula is C11H18N2O2S. The molecule has 5 heteroatoms. The van der Waals surface area contributed by atoms with Crippen molar-refractivity contribution < 1.29 is 8.42 Å². The minimum Gasteiger partial charge on any atom is -0.384 e. The lowest BCUT2D eigenvalue weighted by Crippen LogP contribution is -2.20. The molecule has 0 aliphatic heterocycles. The number of sulfone groups is 1. The van der Waals surface area contributed by atoms with Crippen LogP contribution >= 0.6 is 0 Å². The highest BCUT2D eigenvalue weighted by molar-refractivity contribution is 7.90. The predicted octanol–water partition coefficient (Wildman–Crippen LogP) is 1.06. The van der Waals surface area contributed by atoms with Crippen LogP contribution < -0.4 is 5.32 Å². The van der Waals surface area contributed by atoms with E-state index in [2.05, 4.69) is 10.2 Å². The summed E-state index contributed by atoms with van der Waals surface area (Å²) in [6.45, 7) is 1.70. The number of hydrogen-bond acceptors (Lipinski definition) is 4. The van der Waals surface area contributed by atoms with Gasteiger partial charge in [-0.05, 0) is 32.3 Å². The molecule has 1 N–H and O–H groups in total. The third kappa shape index (κ3) is 4.20. The highest BCUT2D eigenvalue weighted by Gasteiger charge is 2.06. The van der Waals surface area contributed by atoms with Gasteiger partial charge in [-0.1, -0.05) is 6.07 Å². The molecule has 0 amide bonds. The molecular weight excluding hydrogens is 224 g/mol. The van der Waals surface area contributed by atoms with Crippen molar-refractivity contribution in [1.29, 1.82) is 0 Å². The lowest BCUT2D eigenvalue weighted by Gasteiger charge is -2.11. The maximum Gasteiger partial charge on any atom is 0.175 e. The number of anilines is 1. The first-order valence-electron chi connectivity index (χ1n) is 5.08. The van der Waals surface area contributed by atoms with Crippen molar-refractivity contribution in [2.24, 2.45) is 0 Å². The Bertz CT molecular complexity index is 441. The van der Waals surface area contributed by atoms with Crippen LogP contribution in [0.3, 0.4) is 0 Å². The van der Waals surface area contributed by atoms with Crippen LogP contribution in [-0.2, 0) is 9.84 Å². The Morgan fingerprint density at radius 1 is 1.31 bits per heavy atom. The molecule has 0 saturated carbocycles. The Labute approximate surface area is 97.2 Å². The predicted molar refractivity (Wildman–Crippen MR) is 66.6 cm³/mol. The van der Waals surface area contributed by atoms with E-state index in [0.717, 1.165) is 18.8 Å². The van der Waals surface area contributed by atoms with Gasteiger partial charge in [-0.2, -0.15) is 0 Å². The van der Waals surface area contributed by atoms with Crippen molar-refractivity contribution >= 4 is 15.5 Å². The summed E-state index contributed by atoms with van der Waals surface area (Å²) in [7, 11) is 0.872. The van der Waals surface area contributed by atoms with Crippen molar-refractivity contribution in [3.63, 3.8) is 0 Å². The number of nitrogens with zero attached hydrogens (tertiary/aromatic N) is 1. The van der Waals surface area contributed by atoms with E-state index in [9.17, 15) is 8.42 Å². The Kier molecular flexibility index (Phi) is 4.32. The highest BCUT2D eigenvalue weighted by Crippen LogP contribution is 2.14. The molecule has 0 fully saturated rings. The highest BCUT2D eigenvalue weighted by atomic mass is 32.2. The van der Waals surface area contributed by atoms with Crippen LogP contribution in [0.1, 0.15) is 0 Å². The van der Waals surface area contributed by atoms with E-state index in [1.807, 2.05) is 20.2 Å². The molecule has 0 spiro atoms. The second-order valence-electron chi connectivity index (χ2n) is 4.03. The molecule has 1 aromatic carbocycles. The second kappa shape index (κ2) is 5.32. The van der Waals surface area contributed by atoms with Gasteiger partial charge in [0, 0.05) is 25.0 Å². The number of likely N-dealkylation sites (N-methyl/N-ethyl adjacent to an activating group) is 1. The van der Waals surface area contributed by atoms with Crippen molar-refractivity contribution in [3.8, 4) is 0 Å². The monoisotopic (exact) mass is 242 g/mol. The van der Waals surface area contributed by atoms with Crippen molar-refractivity contribution in [2.75, 3.05) is 38.8 Å². The van der Waals surface area contributed by atoms with E-state index in [1.165, 1.54) is 6.26 Å². The molecule has 90 valence electrons. The van der Waals surface area contributed by atoms with Gasteiger partial charge in [-0.25, -0.2) is 8.42 Å². The molecule has 0 unspecified atom stereocenters. The van der Waals surface area contributed by atoms with Gasteiger partial charge >= 0.3 is 0 Å². The summed E-state index contributed by atoms with van der Waals surface area (Å²) in [5.74, 6) is 0. The number of rotatable bonds is 5. The minimum atomic E-state index is -3.12. The topological polar surface area (TPSA) is 49.4 Å². The molecule has 0 saturated heterocycles. The van der Waals surface area contributed by atoms with Gasteiger partial charge in [-0.3, -0.25) is 0 Å². The number of benzene rings is 1. The first-order valence-corrected chi connectivity index (χ1v) is 6.97. The number of nitrogens with one attached hydrogen (secondary N) is 1. The summed E-state index contributed by atoms with van der Waals surface area (Å²) in [4.78, 5) is 2.41. The van der Waals surface area contributed by atoms with Crippen LogP contribution in [0, 0.1) is 0 Å². The maximum atomic E-state index is 11.3. The Hall–Kier alpha value is -1.07. The van der Waals surface area contributed by atoms with Crippen molar-refractivity contribution in [1.82, 2.24) is 4.90 Å². The summed E-state index contributed by atoms with van der Waals surface area (Å²) < 4.78 is 22.7. The van der Waals surface area contributed by atoms with E-state index in [-0.39, 0.29) is 0 Å². The standard InChI is InChI=1S/C11H18N2O2S/c1-13(2)8-7-12-10-5-4-6-11(9-10)16(3,14)15/h4-6,9,12H,7-8H2,1-3H3. The van der Waals surface area contributed by atoms with Gasteiger partial charge in [0.1, 0.15) is 0 Å². The average Bonchev–Trinajstić information content (AvgIpc) is 2.16. The van der Waals surface area contributed by atoms with Crippen LogP contribution in [-0.4, -0.2) is 46.8 Å². The zero-order chi connectivity index (χ0) is 12.2. The van der Waals surface area contributed by atoms with Gasteiger partial charge in [0.15, 0.2) is 9.84 Å². The Morgan fingerprint density at radius 2 is 2.00 bits per heavy atom. The van der Waals surface area contributed by atoms with Gasteiger partial charge < -0.3 is 10.2 Å². The smallest absolute Gasteiger partial charge is 0.175 e. The fourth-order valence-corrected chi connectivity index (χ4v) is 1.93. The van der Waals surface area contributed by atoms with Crippen molar-refractivity contribution in [2.45, 2.75) is 4.90 Å². The first kappa shape index (κ1) is 13.0. The summed E-state index contributed by atoms with van der Waals surface area (Å²) >= 11 is 0. The average molecular weight is 242 g/mol. The molecule has 0 heterocycles. The molecule has 0 radical (unpaired) electrons. The van der Waals surface area contributed by atoms with Gasteiger partial charge in [0.25, 0.3) is 0 Å². The Morgan fingerprint density at radius 3 is 2.56 bits per heavy atom. The maximum absolute atomic E-state index is 11.3. The molecule has 0 bridgehead atoms. The molecule has 0 aliphatic carbocycles. The molecule has 4 nitrogen and oxygen atoms in total. The van der Waals surface area contributed by atoms with E-state index in [1.54, 1.807) is 18.2 Å². The summed E-state index contributed by atoms with van der Waals surface area (Å²) in [5.41, 5.74) is 0.838. The molecule has 1 aromatic rings. The molecule has 1 rings (SSSR count).